The monoisotopic (exact) mass is 124 g/mol. The predicted octanol–water partition coefficient (Wildman–Crippen LogP) is 3.31. The van der Waals surface area contributed by atoms with Crippen molar-refractivity contribution in [2.45, 2.75) is 33.1 Å². The topological polar surface area (TPSA) is 0 Å². The lowest BCUT2D eigenvalue weighted by molar-refractivity contribution is 0.959. The van der Waals surface area contributed by atoms with Crippen LogP contribution in [0.3, 0.4) is 0 Å². The van der Waals surface area contributed by atoms with Crippen molar-refractivity contribution >= 4 is 0 Å². The van der Waals surface area contributed by atoms with Gasteiger partial charge in [-0.1, -0.05) is 44.6 Å². The SMILES string of the molecule is CC/C=C\C=C/CCC. The highest BCUT2D eigenvalue weighted by Crippen LogP contribution is 1.89. The largest absolute Gasteiger partial charge is 0.0848 e. The minimum atomic E-state index is 1.14. The van der Waals surface area contributed by atoms with E-state index in [4.69, 9.17) is 0 Å². The molecule has 0 heterocycles. The van der Waals surface area contributed by atoms with Gasteiger partial charge < -0.3 is 0 Å². The summed E-state index contributed by atoms with van der Waals surface area (Å²) in [5.41, 5.74) is 0. The molecule has 9 heavy (non-hydrogen) atoms. The third-order valence-corrected chi connectivity index (χ3v) is 1.07. The number of allylic oxidation sites excluding steroid dienone is 4. The molecule has 0 aromatic carbocycles. The summed E-state index contributed by atoms with van der Waals surface area (Å²) in [5.74, 6) is 0. The Bertz CT molecular complexity index is 88.2. The highest BCUT2D eigenvalue weighted by molar-refractivity contribution is 5.01. The van der Waals surface area contributed by atoms with Crippen molar-refractivity contribution in [3.05, 3.63) is 24.3 Å². The zero-order valence-electron chi connectivity index (χ0n) is 6.43. The molecule has 0 atom stereocenters. The second-order valence-electron chi connectivity index (χ2n) is 2.05. The van der Waals surface area contributed by atoms with Gasteiger partial charge in [0.2, 0.25) is 0 Å². The van der Waals surface area contributed by atoms with E-state index < -0.39 is 0 Å². The predicted molar refractivity (Wildman–Crippen MR) is 43.5 cm³/mol. The summed E-state index contributed by atoms with van der Waals surface area (Å²) in [7, 11) is 0. The molecule has 0 nitrogen and oxygen atoms in total. The van der Waals surface area contributed by atoms with Gasteiger partial charge in [0.15, 0.2) is 0 Å². The number of hydrogen-bond acceptors (Lipinski definition) is 0. The van der Waals surface area contributed by atoms with Crippen LogP contribution in [-0.2, 0) is 0 Å². The molecule has 52 valence electrons. The zero-order valence-corrected chi connectivity index (χ0v) is 6.43. The van der Waals surface area contributed by atoms with Crippen LogP contribution >= 0.6 is 0 Å². The summed E-state index contributed by atoms with van der Waals surface area (Å²) in [6, 6.07) is 0. The number of hydrogen-bond donors (Lipinski definition) is 0. The maximum absolute atomic E-state index is 2.20. The van der Waals surface area contributed by atoms with Gasteiger partial charge >= 0.3 is 0 Å². The third-order valence-electron chi connectivity index (χ3n) is 1.07. The van der Waals surface area contributed by atoms with E-state index in [1.165, 1.54) is 12.8 Å². The lowest BCUT2D eigenvalue weighted by Gasteiger charge is -1.79. The average molecular weight is 124 g/mol. The lowest BCUT2D eigenvalue weighted by Crippen LogP contribution is -1.58. The fourth-order valence-corrected chi connectivity index (χ4v) is 0.556. The van der Waals surface area contributed by atoms with Crippen LogP contribution in [0.5, 0.6) is 0 Å². The maximum atomic E-state index is 2.20. The van der Waals surface area contributed by atoms with E-state index in [0.29, 0.717) is 0 Å². The molecule has 0 N–H and O–H groups in total. The first-order valence-corrected chi connectivity index (χ1v) is 3.73. The first-order chi connectivity index (χ1) is 4.41. The van der Waals surface area contributed by atoms with Crippen molar-refractivity contribution in [2.24, 2.45) is 0 Å². The summed E-state index contributed by atoms with van der Waals surface area (Å²) in [6.45, 7) is 4.33. The van der Waals surface area contributed by atoms with Crippen LogP contribution in [0, 0.1) is 0 Å². The quantitative estimate of drug-likeness (QED) is 0.504. The summed E-state index contributed by atoms with van der Waals surface area (Å²) < 4.78 is 0. The molecule has 0 aromatic heterocycles. The average Bonchev–Trinajstić information content (AvgIpc) is 1.89. The molecule has 0 bridgehead atoms. The van der Waals surface area contributed by atoms with Gasteiger partial charge in [-0.3, -0.25) is 0 Å². The van der Waals surface area contributed by atoms with Gasteiger partial charge in [0.1, 0.15) is 0 Å². The Balaban J connectivity index is 3.13. The second-order valence-corrected chi connectivity index (χ2v) is 2.05. The number of unbranched alkanes of at least 4 members (excludes halogenated alkanes) is 1. The summed E-state index contributed by atoms with van der Waals surface area (Å²) >= 11 is 0. The molecule has 0 spiro atoms. The molecule has 0 aliphatic carbocycles. The van der Waals surface area contributed by atoms with Crippen LogP contribution in [0.1, 0.15) is 33.1 Å². The van der Waals surface area contributed by atoms with Crippen LogP contribution in [0.25, 0.3) is 0 Å². The number of rotatable bonds is 4. The van der Waals surface area contributed by atoms with E-state index in [9.17, 15) is 0 Å². The second kappa shape index (κ2) is 7.48. The molecule has 0 saturated heterocycles. The molecule has 0 unspecified atom stereocenters. The van der Waals surface area contributed by atoms with Gasteiger partial charge in [-0.25, -0.2) is 0 Å². The minimum Gasteiger partial charge on any atom is -0.0848 e. The van der Waals surface area contributed by atoms with Crippen molar-refractivity contribution in [2.75, 3.05) is 0 Å². The van der Waals surface area contributed by atoms with E-state index >= 15 is 0 Å². The van der Waals surface area contributed by atoms with Crippen LogP contribution in [0.15, 0.2) is 24.3 Å². The summed E-state index contributed by atoms with van der Waals surface area (Å²) in [4.78, 5) is 0. The normalized spacial score (nSPS) is 11.8. The minimum absolute atomic E-state index is 1.14. The van der Waals surface area contributed by atoms with Crippen molar-refractivity contribution in [3.63, 3.8) is 0 Å². The molecule has 0 radical (unpaired) electrons. The van der Waals surface area contributed by atoms with Crippen LogP contribution in [0.2, 0.25) is 0 Å². The zero-order chi connectivity index (χ0) is 6.95. The maximum Gasteiger partial charge on any atom is -0.0350 e. The Kier molecular flexibility index (Phi) is 7.05. The molecular formula is C9H16. The fourth-order valence-electron chi connectivity index (χ4n) is 0.556. The molecule has 0 saturated carbocycles. The summed E-state index contributed by atoms with van der Waals surface area (Å²) in [6.07, 6.45) is 12.2. The highest BCUT2D eigenvalue weighted by Gasteiger charge is 1.68. The van der Waals surface area contributed by atoms with E-state index in [-0.39, 0.29) is 0 Å². The van der Waals surface area contributed by atoms with E-state index in [1.807, 2.05) is 0 Å². The first kappa shape index (κ1) is 8.48. The first-order valence-electron chi connectivity index (χ1n) is 3.73. The fraction of sp³-hybridized carbons (Fsp3) is 0.556. The Labute approximate surface area is 58.3 Å². The van der Waals surface area contributed by atoms with Gasteiger partial charge in [-0.2, -0.15) is 0 Å². The van der Waals surface area contributed by atoms with Gasteiger partial charge in [0.25, 0.3) is 0 Å². The smallest absolute Gasteiger partial charge is 0.0350 e. The standard InChI is InChI=1S/C9H16/c1-3-5-7-9-8-6-4-2/h5,7-9H,3-4,6H2,1-2H3/b7-5-,9-8-. The van der Waals surface area contributed by atoms with Crippen LogP contribution < -0.4 is 0 Å². The van der Waals surface area contributed by atoms with E-state index in [2.05, 4.69) is 38.2 Å². The van der Waals surface area contributed by atoms with E-state index in [0.717, 1.165) is 6.42 Å². The molecule has 0 aliphatic heterocycles. The van der Waals surface area contributed by atoms with Crippen molar-refractivity contribution in [1.29, 1.82) is 0 Å². The van der Waals surface area contributed by atoms with Gasteiger partial charge in [0.05, 0.1) is 0 Å². The Morgan fingerprint density at radius 1 is 1.00 bits per heavy atom. The Hall–Kier alpha value is -0.520. The molecule has 0 aromatic rings. The molecular weight excluding hydrogens is 108 g/mol. The molecule has 0 rings (SSSR count). The molecule has 0 aliphatic rings. The molecule has 0 heteroatoms. The highest BCUT2D eigenvalue weighted by atomic mass is 13.7. The summed E-state index contributed by atoms with van der Waals surface area (Å²) in [5, 5.41) is 0. The van der Waals surface area contributed by atoms with Crippen molar-refractivity contribution < 1.29 is 0 Å². The van der Waals surface area contributed by atoms with Crippen LogP contribution in [-0.4, -0.2) is 0 Å². The van der Waals surface area contributed by atoms with Gasteiger partial charge in [0, 0.05) is 0 Å². The lowest BCUT2D eigenvalue weighted by atomic mass is 10.3. The van der Waals surface area contributed by atoms with E-state index in [1.54, 1.807) is 0 Å². The Morgan fingerprint density at radius 3 is 2.22 bits per heavy atom. The molecule has 0 fully saturated rings. The van der Waals surface area contributed by atoms with Gasteiger partial charge in [-0.05, 0) is 12.8 Å². The Morgan fingerprint density at radius 2 is 1.67 bits per heavy atom. The third kappa shape index (κ3) is 7.48. The van der Waals surface area contributed by atoms with Crippen molar-refractivity contribution in [1.82, 2.24) is 0 Å². The molecule has 0 amide bonds. The van der Waals surface area contributed by atoms with Gasteiger partial charge in [-0.15, -0.1) is 0 Å². The van der Waals surface area contributed by atoms with Crippen molar-refractivity contribution in [3.8, 4) is 0 Å². The van der Waals surface area contributed by atoms with Crippen LogP contribution in [0.4, 0.5) is 0 Å².